The molecule has 0 atom stereocenters. The Morgan fingerprint density at radius 1 is 1.05 bits per heavy atom. The monoisotopic (exact) mass is 336 g/mol. The molecule has 0 radical (unpaired) electrons. The van der Waals surface area contributed by atoms with Gasteiger partial charge in [0.1, 0.15) is 5.82 Å². The molecule has 0 saturated heterocycles. The van der Waals surface area contributed by atoms with Gasteiger partial charge in [-0.05, 0) is 71.1 Å². The number of nitrogen functional groups attached to an aromatic ring is 1. The molecular formula is C16H18BrFN2. The van der Waals surface area contributed by atoms with Gasteiger partial charge in [0.25, 0.3) is 0 Å². The third-order valence-corrected chi connectivity index (χ3v) is 3.99. The molecule has 2 rings (SSSR count). The zero-order valence-electron chi connectivity index (χ0n) is 11.8. The quantitative estimate of drug-likeness (QED) is 0.796. The molecule has 0 heterocycles. The third-order valence-electron chi connectivity index (χ3n) is 3.33. The highest BCUT2D eigenvalue weighted by molar-refractivity contribution is 9.10. The summed E-state index contributed by atoms with van der Waals surface area (Å²) in [4.78, 5) is 0. The molecule has 0 aromatic heterocycles. The number of benzene rings is 2. The average Bonchev–Trinajstić information content (AvgIpc) is 2.38. The third kappa shape index (κ3) is 3.12. The Balaban J connectivity index is 2.19. The van der Waals surface area contributed by atoms with Crippen LogP contribution in [0.2, 0.25) is 0 Å². The molecule has 0 amide bonds. The van der Waals surface area contributed by atoms with Gasteiger partial charge in [-0.3, -0.25) is 0 Å². The van der Waals surface area contributed by atoms with Crippen LogP contribution in [0.3, 0.4) is 0 Å². The van der Waals surface area contributed by atoms with Crippen molar-refractivity contribution in [2.24, 2.45) is 0 Å². The van der Waals surface area contributed by atoms with Gasteiger partial charge in [0.15, 0.2) is 0 Å². The van der Waals surface area contributed by atoms with E-state index in [-0.39, 0.29) is 5.82 Å². The number of nitrogens with one attached hydrogen (secondary N) is 1. The van der Waals surface area contributed by atoms with Gasteiger partial charge < -0.3 is 11.1 Å². The van der Waals surface area contributed by atoms with Gasteiger partial charge in [-0.25, -0.2) is 4.39 Å². The first-order valence-corrected chi connectivity index (χ1v) is 7.23. The Morgan fingerprint density at radius 3 is 2.25 bits per heavy atom. The summed E-state index contributed by atoms with van der Waals surface area (Å²) in [6, 6.07) is 7.63. The highest BCUT2D eigenvalue weighted by atomic mass is 79.9. The molecule has 0 aliphatic rings. The summed E-state index contributed by atoms with van der Waals surface area (Å²) in [7, 11) is 0. The molecule has 0 spiro atoms. The number of aryl methyl sites for hydroxylation is 3. The van der Waals surface area contributed by atoms with E-state index < -0.39 is 0 Å². The smallest absolute Gasteiger partial charge is 0.129 e. The minimum Gasteiger partial charge on any atom is -0.398 e. The Kier molecular flexibility index (Phi) is 4.33. The first-order valence-electron chi connectivity index (χ1n) is 6.43. The molecule has 3 N–H and O–H groups in total. The summed E-state index contributed by atoms with van der Waals surface area (Å²) in [5.74, 6) is -0.127. The van der Waals surface area contributed by atoms with Crippen LogP contribution >= 0.6 is 15.9 Å². The van der Waals surface area contributed by atoms with Crippen LogP contribution in [0.15, 0.2) is 28.7 Å². The largest absolute Gasteiger partial charge is 0.398 e. The molecule has 4 heteroatoms. The van der Waals surface area contributed by atoms with E-state index in [0.717, 1.165) is 27.0 Å². The number of anilines is 2. The summed E-state index contributed by atoms with van der Waals surface area (Å²) in [5.41, 5.74) is 11.0. The van der Waals surface area contributed by atoms with Crippen LogP contribution in [0, 0.1) is 26.6 Å². The highest BCUT2D eigenvalue weighted by Crippen LogP contribution is 2.28. The lowest BCUT2D eigenvalue weighted by Crippen LogP contribution is -2.03. The van der Waals surface area contributed by atoms with Crippen molar-refractivity contribution in [2.75, 3.05) is 11.1 Å². The zero-order valence-corrected chi connectivity index (χ0v) is 13.4. The lowest BCUT2D eigenvalue weighted by atomic mass is 10.1. The minimum absolute atomic E-state index is 0.127. The Morgan fingerprint density at radius 2 is 1.65 bits per heavy atom. The van der Waals surface area contributed by atoms with E-state index in [1.54, 1.807) is 13.8 Å². The summed E-state index contributed by atoms with van der Waals surface area (Å²) >= 11 is 3.49. The summed E-state index contributed by atoms with van der Waals surface area (Å²) in [5, 5.41) is 3.35. The molecule has 0 fully saturated rings. The van der Waals surface area contributed by atoms with Crippen molar-refractivity contribution < 1.29 is 4.39 Å². The van der Waals surface area contributed by atoms with Gasteiger partial charge in [-0.15, -0.1) is 0 Å². The van der Waals surface area contributed by atoms with Crippen molar-refractivity contribution in [3.05, 3.63) is 56.8 Å². The molecule has 2 nitrogen and oxygen atoms in total. The summed E-state index contributed by atoms with van der Waals surface area (Å²) in [6.07, 6.45) is 0. The lowest BCUT2D eigenvalue weighted by molar-refractivity contribution is 0.608. The maximum Gasteiger partial charge on any atom is 0.129 e. The van der Waals surface area contributed by atoms with Crippen LogP contribution in [0.25, 0.3) is 0 Å². The maximum absolute atomic E-state index is 13.6. The fraction of sp³-hybridized carbons (Fsp3) is 0.250. The highest BCUT2D eigenvalue weighted by Gasteiger charge is 2.06. The van der Waals surface area contributed by atoms with Gasteiger partial charge in [-0.2, -0.15) is 0 Å². The van der Waals surface area contributed by atoms with Crippen LogP contribution in [-0.2, 0) is 6.54 Å². The van der Waals surface area contributed by atoms with Crippen molar-refractivity contribution in [3.8, 4) is 0 Å². The molecule has 2 aromatic rings. The summed E-state index contributed by atoms with van der Waals surface area (Å²) in [6.45, 7) is 6.19. The Hall–Kier alpha value is -1.55. The lowest BCUT2D eigenvalue weighted by Gasteiger charge is -2.12. The second-order valence-corrected chi connectivity index (χ2v) is 5.94. The molecule has 0 aliphatic heterocycles. The molecule has 20 heavy (non-hydrogen) atoms. The van der Waals surface area contributed by atoms with Crippen molar-refractivity contribution in [1.29, 1.82) is 0 Å². The standard InChI is InChI=1S/C16H18BrFN2/c1-9-6-15(13(17)7-14(9)19)20-8-12-4-10(2)16(18)11(3)5-12/h4-7,20H,8,19H2,1-3H3. The van der Waals surface area contributed by atoms with Gasteiger partial charge in [0, 0.05) is 22.4 Å². The van der Waals surface area contributed by atoms with E-state index in [1.165, 1.54) is 0 Å². The zero-order chi connectivity index (χ0) is 14.9. The number of halogens is 2. The topological polar surface area (TPSA) is 38.0 Å². The number of rotatable bonds is 3. The minimum atomic E-state index is -0.127. The van der Waals surface area contributed by atoms with E-state index in [1.807, 2.05) is 31.2 Å². The van der Waals surface area contributed by atoms with E-state index >= 15 is 0 Å². The van der Waals surface area contributed by atoms with Gasteiger partial charge in [-0.1, -0.05) is 12.1 Å². The number of hydrogen-bond acceptors (Lipinski definition) is 2. The molecule has 0 bridgehead atoms. The predicted octanol–water partition coefficient (Wildman–Crippen LogP) is 4.71. The summed E-state index contributed by atoms with van der Waals surface area (Å²) < 4.78 is 14.5. The van der Waals surface area contributed by atoms with E-state index in [2.05, 4.69) is 21.2 Å². The maximum atomic E-state index is 13.6. The van der Waals surface area contributed by atoms with Crippen molar-refractivity contribution in [2.45, 2.75) is 27.3 Å². The fourth-order valence-electron chi connectivity index (χ4n) is 2.17. The predicted molar refractivity (Wildman–Crippen MR) is 86.5 cm³/mol. The molecule has 0 saturated carbocycles. The normalized spacial score (nSPS) is 10.7. The van der Waals surface area contributed by atoms with E-state index in [4.69, 9.17) is 5.73 Å². The van der Waals surface area contributed by atoms with Crippen LogP contribution in [0.5, 0.6) is 0 Å². The van der Waals surface area contributed by atoms with Crippen molar-refractivity contribution >= 4 is 27.3 Å². The van der Waals surface area contributed by atoms with Crippen molar-refractivity contribution in [3.63, 3.8) is 0 Å². The molecule has 2 aromatic carbocycles. The second kappa shape index (κ2) is 5.83. The van der Waals surface area contributed by atoms with Crippen LogP contribution in [0.1, 0.15) is 22.3 Å². The van der Waals surface area contributed by atoms with Gasteiger partial charge in [0.05, 0.1) is 0 Å². The van der Waals surface area contributed by atoms with Crippen molar-refractivity contribution in [1.82, 2.24) is 0 Å². The average molecular weight is 337 g/mol. The van der Waals surface area contributed by atoms with Crippen LogP contribution < -0.4 is 11.1 Å². The first kappa shape index (κ1) is 14.9. The van der Waals surface area contributed by atoms with Gasteiger partial charge in [0.2, 0.25) is 0 Å². The first-order chi connectivity index (χ1) is 9.38. The van der Waals surface area contributed by atoms with E-state index in [9.17, 15) is 4.39 Å². The SMILES string of the molecule is Cc1cc(NCc2cc(C)c(F)c(C)c2)c(Br)cc1N. The number of nitrogens with two attached hydrogens (primary N) is 1. The second-order valence-electron chi connectivity index (χ2n) is 5.09. The van der Waals surface area contributed by atoms with Gasteiger partial charge >= 0.3 is 0 Å². The molecule has 106 valence electrons. The Labute approximate surface area is 127 Å². The molecule has 0 aliphatic carbocycles. The molecule has 0 unspecified atom stereocenters. The molecular weight excluding hydrogens is 319 g/mol. The van der Waals surface area contributed by atoms with E-state index in [0.29, 0.717) is 17.7 Å². The van der Waals surface area contributed by atoms with Crippen LogP contribution in [0.4, 0.5) is 15.8 Å². The van der Waals surface area contributed by atoms with Crippen LogP contribution in [-0.4, -0.2) is 0 Å². The Bertz CT molecular complexity index is 630. The number of hydrogen-bond donors (Lipinski definition) is 2. The fourth-order valence-corrected chi connectivity index (χ4v) is 2.67.